The van der Waals surface area contributed by atoms with Gasteiger partial charge in [-0.15, -0.1) is 0 Å². The Morgan fingerprint density at radius 3 is 2.43 bits per heavy atom. The Morgan fingerprint density at radius 2 is 1.87 bits per heavy atom. The van der Waals surface area contributed by atoms with E-state index in [1.165, 1.54) is 6.92 Å². The maximum Gasteiger partial charge on any atom is 0.339 e. The third kappa shape index (κ3) is 6.63. The van der Waals surface area contributed by atoms with E-state index in [0.717, 1.165) is 12.8 Å². The lowest BCUT2D eigenvalue weighted by Gasteiger charge is -2.16. The molecule has 0 heterocycles. The molecule has 23 heavy (non-hydrogen) atoms. The van der Waals surface area contributed by atoms with Crippen molar-refractivity contribution in [2.45, 2.75) is 46.0 Å². The van der Waals surface area contributed by atoms with Gasteiger partial charge in [-0.1, -0.05) is 25.4 Å². The lowest BCUT2D eigenvalue weighted by atomic mass is 9.97. The summed E-state index contributed by atoms with van der Waals surface area (Å²) in [6.45, 7) is 3.47. The highest BCUT2D eigenvalue weighted by atomic mass is 16.5. The fourth-order valence-electron chi connectivity index (χ4n) is 2.25. The second-order valence-electron chi connectivity index (χ2n) is 5.40. The van der Waals surface area contributed by atoms with Gasteiger partial charge in [-0.2, -0.15) is 0 Å². The molecule has 0 radical (unpaired) electrons. The second kappa shape index (κ2) is 9.77. The predicted molar refractivity (Wildman–Crippen MR) is 86.6 cm³/mol. The number of carbonyl (C=O) groups is 3. The van der Waals surface area contributed by atoms with Crippen LogP contribution in [0.4, 0.5) is 0 Å². The van der Waals surface area contributed by atoms with Crippen molar-refractivity contribution < 1.29 is 29.7 Å². The minimum absolute atomic E-state index is 0.00757. The number of ether oxygens (including phenoxy) is 1. The number of aromatic carboxylic acids is 1. The molecule has 0 spiro atoms. The van der Waals surface area contributed by atoms with Crippen LogP contribution in [0.1, 0.15) is 72.2 Å². The van der Waals surface area contributed by atoms with Crippen LogP contribution >= 0.6 is 0 Å². The van der Waals surface area contributed by atoms with E-state index in [2.05, 4.69) is 0 Å². The Bertz CT molecular complexity index is 733. The molecule has 0 aliphatic carbocycles. The van der Waals surface area contributed by atoms with Crippen LogP contribution in [0.2, 0.25) is 0 Å². The normalized spacial score (nSPS) is 14.2. The topological polar surface area (TPSA) is 80.7 Å². The number of esters is 1. The molecule has 1 aromatic rings. The number of carboxylic acid groups (broad SMARTS) is 1. The van der Waals surface area contributed by atoms with E-state index in [4.69, 9.17) is 10.2 Å². The summed E-state index contributed by atoms with van der Waals surface area (Å²) >= 11 is 0. The minimum Gasteiger partial charge on any atom is -0.478 e. The lowest BCUT2D eigenvalue weighted by Crippen LogP contribution is -2.17. The number of Topliss-reactive ketones (excluding diaryl/α,β-unsaturated/α-hetero) is 1. The fraction of sp³-hybridized carbons (Fsp3) is 0.500. The van der Waals surface area contributed by atoms with Crippen molar-refractivity contribution in [2.75, 3.05) is 6.61 Å². The van der Waals surface area contributed by atoms with E-state index in [-0.39, 0.29) is 18.3 Å². The summed E-state index contributed by atoms with van der Waals surface area (Å²) in [5, 5.41) is 9.28. The van der Waals surface area contributed by atoms with Crippen LogP contribution in [0.15, 0.2) is 24.2 Å². The second-order valence-corrected chi connectivity index (χ2v) is 5.40. The van der Waals surface area contributed by atoms with Crippen LogP contribution in [0.3, 0.4) is 0 Å². The number of ketones is 1. The van der Waals surface area contributed by atoms with Crippen LogP contribution in [-0.2, 0) is 9.53 Å². The van der Waals surface area contributed by atoms with E-state index in [0.29, 0.717) is 19.3 Å². The molecule has 0 aliphatic rings. The highest BCUT2D eigenvalue weighted by Gasteiger charge is 2.18. The first-order valence-corrected chi connectivity index (χ1v) is 7.61. The maximum absolute atomic E-state index is 12.4. The van der Waals surface area contributed by atoms with Crippen LogP contribution in [0, 0.1) is 5.92 Å². The molecule has 0 bridgehead atoms. The van der Waals surface area contributed by atoms with E-state index in [9.17, 15) is 19.5 Å². The zero-order chi connectivity index (χ0) is 20.7. The van der Waals surface area contributed by atoms with Crippen LogP contribution in [-0.4, -0.2) is 29.4 Å². The zero-order valence-corrected chi connectivity index (χ0v) is 13.4. The van der Waals surface area contributed by atoms with Crippen LogP contribution in [0.25, 0.3) is 0 Å². The highest BCUT2D eigenvalue weighted by Crippen LogP contribution is 2.17. The molecule has 1 atom stereocenters. The van der Waals surface area contributed by atoms with Crippen molar-refractivity contribution in [1.29, 1.82) is 0 Å². The van der Waals surface area contributed by atoms with Crippen molar-refractivity contribution >= 4 is 17.7 Å². The smallest absolute Gasteiger partial charge is 0.339 e. The van der Waals surface area contributed by atoms with E-state index in [1.807, 2.05) is 6.92 Å². The largest absolute Gasteiger partial charge is 0.478 e. The maximum atomic E-state index is 12.4. The van der Waals surface area contributed by atoms with Gasteiger partial charge in [0, 0.05) is 6.42 Å². The molecule has 5 heteroatoms. The molecular formula is C18H24O5. The van der Waals surface area contributed by atoms with Gasteiger partial charge >= 0.3 is 11.9 Å². The number of carboxylic acids is 1. The molecule has 1 rings (SSSR count). The first kappa shape index (κ1) is 13.3. The SMILES string of the molecule is [2H]c1c([2H])c([2H])c(C(=O)OCC(CCC)CCCC(C)=O)c(C(=O)O)c1[2H]. The number of benzene rings is 1. The molecule has 0 saturated carbocycles. The van der Waals surface area contributed by atoms with Gasteiger partial charge < -0.3 is 14.6 Å². The summed E-state index contributed by atoms with van der Waals surface area (Å²) in [7, 11) is 0. The molecule has 0 saturated heterocycles. The number of rotatable bonds is 10. The van der Waals surface area contributed by atoms with Crippen molar-refractivity contribution in [3.05, 3.63) is 35.3 Å². The Balaban J connectivity index is 3.01. The van der Waals surface area contributed by atoms with Crippen molar-refractivity contribution in [1.82, 2.24) is 0 Å². The minimum atomic E-state index is -1.62. The predicted octanol–water partition coefficient (Wildman–Crippen LogP) is 3.72. The summed E-state index contributed by atoms with van der Waals surface area (Å²) in [4.78, 5) is 34.9. The van der Waals surface area contributed by atoms with Crippen LogP contribution < -0.4 is 0 Å². The summed E-state index contributed by atoms with van der Waals surface area (Å²) in [6, 6.07) is -2.94. The number of hydrogen-bond acceptors (Lipinski definition) is 4. The highest BCUT2D eigenvalue weighted by molar-refractivity contribution is 6.02. The molecular weight excluding hydrogens is 296 g/mol. The first-order chi connectivity index (χ1) is 12.6. The van der Waals surface area contributed by atoms with Gasteiger partial charge in [-0.05, 0) is 44.2 Å². The standard InChI is InChI=1S/C18H24O5/c1-3-7-14(9-6-8-13(2)19)12-23-18(22)16-11-5-4-10-15(16)17(20)21/h4-5,10-11,14H,3,6-9,12H2,1-2H3,(H,20,21)/i4D,5D,10D,11D. The molecule has 1 aromatic carbocycles. The van der Waals surface area contributed by atoms with E-state index in [1.54, 1.807) is 0 Å². The Morgan fingerprint density at radius 1 is 1.22 bits per heavy atom. The summed E-state index contributed by atoms with van der Waals surface area (Å²) < 4.78 is 35.9. The van der Waals surface area contributed by atoms with Crippen molar-refractivity contribution in [2.24, 2.45) is 5.92 Å². The van der Waals surface area contributed by atoms with Gasteiger partial charge in [0.05, 0.1) is 23.2 Å². The van der Waals surface area contributed by atoms with Crippen molar-refractivity contribution in [3.63, 3.8) is 0 Å². The van der Waals surface area contributed by atoms with Gasteiger partial charge in [-0.25, -0.2) is 9.59 Å². The quantitative estimate of drug-likeness (QED) is 0.663. The molecule has 5 nitrogen and oxygen atoms in total. The Labute approximate surface area is 142 Å². The Hall–Kier alpha value is -2.17. The molecule has 0 aromatic heterocycles. The summed E-state index contributed by atoms with van der Waals surface area (Å²) in [6.07, 6.45) is 3.35. The van der Waals surface area contributed by atoms with Gasteiger partial charge in [0.15, 0.2) is 0 Å². The van der Waals surface area contributed by atoms with Crippen LogP contribution in [0.5, 0.6) is 0 Å². The van der Waals surface area contributed by atoms with E-state index >= 15 is 0 Å². The number of hydrogen-bond donors (Lipinski definition) is 1. The summed E-state index contributed by atoms with van der Waals surface area (Å²) in [5.41, 5.74) is -1.47. The van der Waals surface area contributed by atoms with E-state index < -0.39 is 47.2 Å². The average molecular weight is 324 g/mol. The van der Waals surface area contributed by atoms with Crippen molar-refractivity contribution in [3.8, 4) is 0 Å². The first-order valence-electron chi connectivity index (χ1n) is 9.61. The zero-order valence-electron chi connectivity index (χ0n) is 17.4. The third-order valence-corrected chi connectivity index (χ3v) is 3.39. The number of carbonyl (C=O) groups excluding carboxylic acids is 2. The fourth-order valence-corrected chi connectivity index (χ4v) is 2.25. The molecule has 1 unspecified atom stereocenters. The lowest BCUT2D eigenvalue weighted by molar-refractivity contribution is -0.117. The average Bonchev–Trinajstić information content (AvgIpc) is 2.59. The molecule has 1 N–H and O–H groups in total. The molecule has 126 valence electrons. The summed E-state index contributed by atoms with van der Waals surface area (Å²) in [5.74, 6) is -2.65. The molecule has 0 fully saturated rings. The van der Waals surface area contributed by atoms with Gasteiger partial charge in [0.25, 0.3) is 0 Å². The van der Waals surface area contributed by atoms with Gasteiger partial charge in [0.1, 0.15) is 5.78 Å². The monoisotopic (exact) mass is 324 g/mol. The molecule has 0 aliphatic heterocycles. The van der Waals surface area contributed by atoms with Gasteiger partial charge in [-0.3, -0.25) is 0 Å². The third-order valence-electron chi connectivity index (χ3n) is 3.39. The Kier molecular flexibility index (Phi) is 5.64. The molecule has 0 amide bonds. The van der Waals surface area contributed by atoms with Gasteiger partial charge in [0.2, 0.25) is 0 Å².